The molecule has 0 N–H and O–H groups in total. The van der Waals surface area contributed by atoms with Crippen LogP contribution in [0.25, 0.3) is 11.1 Å². The van der Waals surface area contributed by atoms with E-state index in [1.54, 1.807) is 24.3 Å². The van der Waals surface area contributed by atoms with Gasteiger partial charge >= 0.3 is 0 Å². The molecule has 2 rings (SSSR count). The van der Waals surface area contributed by atoms with Gasteiger partial charge in [0, 0.05) is 12.8 Å². The highest BCUT2D eigenvalue weighted by Gasteiger charge is 2.16. The second-order valence-corrected chi connectivity index (χ2v) is 5.32. The van der Waals surface area contributed by atoms with E-state index in [-0.39, 0.29) is 18.5 Å². The second kappa shape index (κ2) is 7.63. The summed E-state index contributed by atoms with van der Waals surface area (Å²) >= 11 is -2.72. The van der Waals surface area contributed by atoms with Crippen molar-refractivity contribution in [3.63, 3.8) is 0 Å². The Morgan fingerprint density at radius 1 is 1.05 bits per heavy atom. The molecule has 0 heterocycles. The summed E-state index contributed by atoms with van der Waals surface area (Å²) in [5, 5.41) is 0. The first kappa shape index (κ1) is 16.1. The van der Waals surface area contributed by atoms with Crippen molar-refractivity contribution in [2.24, 2.45) is 0 Å². The Hall–Kier alpha value is -2.31. The van der Waals surface area contributed by atoms with Gasteiger partial charge in [-0.1, -0.05) is 42.5 Å². The molecule has 2 aromatic carbocycles. The molecule has 5 nitrogen and oxygen atoms in total. The molecule has 0 fully saturated rings. The third kappa shape index (κ3) is 3.87. The minimum absolute atomic E-state index is 0.00533. The highest BCUT2D eigenvalue weighted by Crippen LogP contribution is 2.24. The van der Waals surface area contributed by atoms with E-state index in [0.717, 1.165) is 11.1 Å². The molecule has 1 unspecified atom stereocenters. The van der Waals surface area contributed by atoms with Crippen molar-refractivity contribution in [1.29, 1.82) is 0 Å². The normalized spacial score (nSPS) is 11.7. The highest BCUT2D eigenvalue weighted by molar-refractivity contribution is 7.81. The van der Waals surface area contributed by atoms with E-state index < -0.39 is 17.2 Å². The number of nitrogens with zero attached hydrogens (tertiary/aromatic N) is 1. The quantitative estimate of drug-likeness (QED) is 0.606. The molecule has 114 valence electrons. The fourth-order valence-corrected chi connectivity index (χ4v) is 2.57. The number of anilines is 1. The number of rotatable bonds is 6. The zero-order chi connectivity index (χ0) is 15.9. The maximum atomic E-state index is 11.9. The molecule has 22 heavy (non-hydrogen) atoms. The van der Waals surface area contributed by atoms with Crippen LogP contribution in [0, 0.1) is 0 Å². The number of hydrogen-bond acceptors (Lipinski definition) is 4. The number of carbonyl (C=O) groups excluding carboxylic acids is 2. The van der Waals surface area contributed by atoms with Crippen LogP contribution in [0.1, 0.15) is 12.8 Å². The summed E-state index contributed by atoms with van der Waals surface area (Å²) in [7, 11) is 0. The number of hydrogen-bond donors (Lipinski definition) is 0. The summed E-state index contributed by atoms with van der Waals surface area (Å²) in [4.78, 5) is 22.2. The van der Waals surface area contributed by atoms with Crippen LogP contribution in [0.3, 0.4) is 0 Å². The Morgan fingerprint density at radius 2 is 1.64 bits per heavy atom. The van der Waals surface area contributed by atoms with Gasteiger partial charge in [-0.05, 0) is 23.3 Å². The summed E-state index contributed by atoms with van der Waals surface area (Å²) in [6, 6.07) is 16.2. The maximum Gasteiger partial charge on any atom is 0.238 e. The zero-order valence-corrected chi connectivity index (χ0v) is 12.5. The predicted octanol–water partition coefficient (Wildman–Crippen LogP) is 2.46. The van der Waals surface area contributed by atoms with Crippen LogP contribution >= 0.6 is 0 Å². The molecule has 0 spiro atoms. The van der Waals surface area contributed by atoms with E-state index in [2.05, 4.69) is 0 Å². The number of carbonyl (C=O) groups is 2. The van der Waals surface area contributed by atoms with Crippen molar-refractivity contribution in [1.82, 2.24) is 0 Å². The minimum atomic E-state index is -2.72. The molecule has 0 saturated carbocycles. The summed E-state index contributed by atoms with van der Waals surface area (Å²) in [6.07, 6.45) is 0.439. The van der Waals surface area contributed by atoms with Gasteiger partial charge < -0.3 is 9.35 Å². The van der Waals surface area contributed by atoms with Crippen molar-refractivity contribution in [3.8, 4) is 11.1 Å². The van der Waals surface area contributed by atoms with Gasteiger partial charge in [-0.25, -0.2) is 4.31 Å². The third-order valence-electron chi connectivity index (χ3n) is 3.06. The number of aldehydes is 1. The van der Waals surface area contributed by atoms with Crippen LogP contribution < -0.4 is 4.31 Å². The Kier molecular flexibility index (Phi) is 5.57. The fourth-order valence-electron chi connectivity index (χ4n) is 2.02. The highest BCUT2D eigenvalue weighted by atomic mass is 32.2. The van der Waals surface area contributed by atoms with Crippen molar-refractivity contribution in [3.05, 3.63) is 54.6 Å². The molecule has 1 atom stereocenters. The van der Waals surface area contributed by atoms with E-state index >= 15 is 0 Å². The van der Waals surface area contributed by atoms with Gasteiger partial charge in [-0.2, -0.15) is 0 Å². The van der Waals surface area contributed by atoms with E-state index in [1.807, 2.05) is 30.3 Å². The van der Waals surface area contributed by atoms with Crippen molar-refractivity contribution in [2.45, 2.75) is 12.8 Å². The Balaban J connectivity index is 2.25. The molecule has 0 aliphatic heterocycles. The fraction of sp³-hybridized carbons (Fsp3) is 0.125. The molecule has 0 aromatic heterocycles. The zero-order valence-electron chi connectivity index (χ0n) is 11.7. The largest absolute Gasteiger partial charge is 0.755 e. The lowest BCUT2D eigenvalue weighted by Gasteiger charge is -2.24. The molecule has 0 radical (unpaired) electrons. The minimum Gasteiger partial charge on any atom is -0.755 e. The lowest BCUT2D eigenvalue weighted by Crippen LogP contribution is -2.32. The lowest BCUT2D eigenvalue weighted by molar-refractivity contribution is -0.119. The number of benzene rings is 2. The summed E-state index contributed by atoms with van der Waals surface area (Å²) in [6.45, 7) is 0. The molecule has 1 amide bonds. The van der Waals surface area contributed by atoms with Gasteiger partial charge in [0.2, 0.25) is 5.91 Å². The van der Waals surface area contributed by atoms with Crippen LogP contribution in [-0.4, -0.2) is 21.0 Å². The van der Waals surface area contributed by atoms with Crippen LogP contribution in [0.15, 0.2) is 54.6 Å². The van der Waals surface area contributed by atoms with Gasteiger partial charge in [-0.3, -0.25) is 9.00 Å². The van der Waals surface area contributed by atoms with Crippen LogP contribution in [0.2, 0.25) is 0 Å². The monoisotopic (exact) mass is 316 g/mol. The summed E-state index contributed by atoms with van der Waals surface area (Å²) in [5.74, 6) is -0.632. The first-order valence-corrected chi connectivity index (χ1v) is 7.68. The van der Waals surface area contributed by atoms with Gasteiger partial charge in [-0.15, -0.1) is 0 Å². The summed E-state index contributed by atoms with van der Waals surface area (Å²) in [5.41, 5.74) is 2.17. The molecule has 6 heteroatoms. The third-order valence-corrected chi connectivity index (χ3v) is 3.77. The SMILES string of the molecule is O=CCCC(=O)N(c1ccc(-c2ccccc2)cc1)S(=O)[O-]. The van der Waals surface area contributed by atoms with Crippen LogP contribution in [0.4, 0.5) is 5.69 Å². The van der Waals surface area contributed by atoms with Crippen LogP contribution in [0.5, 0.6) is 0 Å². The molecular weight excluding hydrogens is 302 g/mol. The van der Waals surface area contributed by atoms with E-state index in [9.17, 15) is 18.4 Å². The average molecular weight is 316 g/mol. The van der Waals surface area contributed by atoms with Crippen molar-refractivity contribution in [2.75, 3.05) is 4.31 Å². The Bertz CT molecular complexity index is 670. The van der Waals surface area contributed by atoms with E-state index in [1.165, 1.54) is 0 Å². The topological polar surface area (TPSA) is 77.5 Å². The van der Waals surface area contributed by atoms with Gasteiger partial charge in [0.25, 0.3) is 0 Å². The molecule has 0 saturated heterocycles. The first-order valence-electron chi connectivity index (χ1n) is 6.65. The maximum absolute atomic E-state index is 11.9. The molecule has 0 aliphatic rings. The van der Waals surface area contributed by atoms with Crippen molar-refractivity contribution < 1.29 is 18.4 Å². The van der Waals surface area contributed by atoms with Gasteiger partial charge in [0.15, 0.2) is 0 Å². The molecule has 0 bridgehead atoms. The first-order chi connectivity index (χ1) is 10.6. The Labute approximate surface area is 131 Å². The van der Waals surface area contributed by atoms with E-state index in [4.69, 9.17) is 0 Å². The second-order valence-electron chi connectivity index (χ2n) is 4.52. The molecule has 2 aromatic rings. The number of amides is 1. The average Bonchev–Trinajstić information content (AvgIpc) is 2.54. The standard InChI is InChI=1S/C16H15NO4S/c18-12-4-7-16(19)17(22(20)21)15-10-8-14(9-11-15)13-5-2-1-3-6-13/h1-3,5-6,8-12H,4,7H2,(H,20,21)/p-1. The van der Waals surface area contributed by atoms with Crippen LogP contribution in [-0.2, 0) is 20.9 Å². The smallest absolute Gasteiger partial charge is 0.238 e. The van der Waals surface area contributed by atoms with E-state index in [0.29, 0.717) is 10.6 Å². The summed E-state index contributed by atoms with van der Waals surface area (Å²) < 4.78 is 23.2. The van der Waals surface area contributed by atoms with Gasteiger partial charge in [0.05, 0.1) is 17.0 Å². The van der Waals surface area contributed by atoms with Crippen molar-refractivity contribution >= 4 is 29.1 Å². The lowest BCUT2D eigenvalue weighted by atomic mass is 10.1. The molecule has 0 aliphatic carbocycles. The predicted molar refractivity (Wildman–Crippen MR) is 83.6 cm³/mol. The molecular formula is C16H14NO4S-. The van der Waals surface area contributed by atoms with Gasteiger partial charge in [0.1, 0.15) is 6.29 Å². The Morgan fingerprint density at radius 3 is 2.18 bits per heavy atom.